The zero-order valence-electron chi connectivity index (χ0n) is 16.2. The molecule has 6 nitrogen and oxygen atoms in total. The number of nitrogens with one attached hydrogen (secondary N) is 1. The molecular weight excluding hydrogens is 427 g/mol. The van der Waals surface area contributed by atoms with Crippen molar-refractivity contribution in [2.75, 3.05) is 39.8 Å². The predicted molar refractivity (Wildman–Crippen MR) is 116 cm³/mol. The summed E-state index contributed by atoms with van der Waals surface area (Å²) in [5.74, 6) is 2.15. The van der Waals surface area contributed by atoms with Crippen LogP contribution in [0.15, 0.2) is 17.4 Å². The number of hydrogen-bond donors (Lipinski definition) is 1. The molecule has 0 aliphatic carbocycles. The number of halogens is 1. The maximum absolute atomic E-state index is 4.47. The van der Waals surface area contributed by atoms with Crippen LogP contribution in [0.25, 0.3) is 0 Å². The summed E-state index contributed by atoms with van der Waals surface area (Å²) in [7, 11) is 1.89. The Balaban J connectivity index is 0.00000312. The largest absolute Gasteiger partial charge is 0.356 e. The first-order valence-electron chi connectivity index (χ1n) is 9.36. The minimum atomic E-state index is 0. The number of rotatable bonds is 8. The van der Waals surface area contributed by atoms with Crippen LogP contribution in [-0.2, 0) is 6.54 Å². The fourth-order valence-electron chi connectivity index (χ4n) is 3.55. The molecule has 0 bridgehead atoms. The molecule has 1 unspecified atom stereocenters. The number of aliphatic imine (C=N–C) groups is 1. The SMILES string of the molecule is CCN(CC)C1CCN(C(=NC)NCCCCn2ccnc2C)C1.I. The molecule has 25 heavy (non-hydrogen) atoms. The second-order valence-electron chi connectivity index (χ2n) is 6.46. The third-order valence-corrected chi connectivity index (χ3v) is 5.04. The van der Waals surface area contributed by atoms with Crippen LogP contribution in [0.1, 0.15) is 38.9 Å². The van der Waals surface area contributed by atoms with Crippen molar-refractivity contribution in [3.63, 3.8) is 0 Å². The fourth-order valence-corrected chi connectivity index (χ4v) is 3.55. The first-order valence-corrected chi connectivity index (χ1v) is 9.36. The van der Waals surface area contributed by atoms with Gasteiger partial charge in [0.1, 0.15) is 5.82 Å². The molecule has 1 aromatic rings. The smallest absolute Gasteiger partial charge is 0.193 e. The second-order valence-corrected chi connectivity index (χ2v) is 6.46. The molecule has 144 valence electrons. The number of hydrogen-bond acceptors (Lipinski definition) is 3. The standard InChI is InChI=1S/C18H34N6.HI/c1-5-22(6-2)17-9-13-24(15-17)18(19-4)21-10-7-8-12-23-14-11-20-16(23)3;/h11,14,17H,5-10,12-13,15H2,1-4H3,(H,19,21);1H. The van der Waals surface area contributed by atoms with Crippen LogP contribution < -0.4 is 5.32 Å². The van der Waals surface area contributed by atoms with E-state index in [4.69, 9.17) is 0 Å². The molecule has 0 saturated carbocycles. The van der Waals surface area contributed by atoms with Gasteiger partial charge in [0, 0.05) is 51.7 Å². The zero-order chi connectivity index (χ0) is 17.4. The third-order valence-electron chi connectivity index (χ3n) is 5.04. The van der Waals surface area contributed by atoms with Crippen LogP contribution in [0.4, 0.5) is 0 Å². The molecular formula is C18H35IN6. The highest BCUT2D eigenvalue weighted by atomic mass is 127. The molecule has 0 aromatic carbocycles. The van der Waals surface area contributed by atoms with E-state index >= 15 is 0 Å². The maximum atomic E-state index is 4.47. The van der Waals surface area contributed by atoms with Gasteiger partial charge in [-0.1, -0.05) is 13.8 Å². The average Bonchev–Trinajstić information content (AvgIpc) is 3.22. The Morgan fingerprint density at radius 1 is 1.36 bits per heavy atom. The normalized spacial score (nSPS) is 17.9. The van der Waals surface area contributed by atoms with Gasteiger partial charge in [-0.15, -0.1) is 24.0 Å². The number of likely N-dealkylation sites (N-methyl/N-ethyl adjacent to an activating group) is 1. The van der Waals surface area contributed by atoms with Gasteiger partial charge >= 0.3 is 0 Å². The Kier molecular flexibility index (Phi) is 10.4. The van der Waals surface area contributed by atoms with Gasteiger partial charge in [0.25, 0.3) is 0 Å². The molecule has 1 atom stereocenters. The van der Waals surface area contributed by atoms with Gasteiger partial charge in [-0.2, -0.15) is 0 Å². The predicted octanol–water partition coefficient (Wildman–Crippen LogP) is 2.58. The molecule has 1 saturated heterocycles. The van der Waals surface area contributed by atoms with Crippen LogP contribution in [0, 0.1) is 6.92 Å². The van der Waals surface area contributed by atoms with E-state index in [1.54, 1.807) is 0 Å². The highest BCUT2D eigenvalue weighted by molar-refractivity contribution is 14.0. The van der Waals surface area contributed by atoms with E-state index in [1.807, 2.05) is 13.2 Å². The Bertz CT molecular complexity index is 511. The third kappa shape index (κ3) is 6.44. The molecule has 0 radical (unpaired) electrons. The summed E-state index contributed by atoms with van der Waals surface area (Å²) >= 11 is 0. The van der Waals surface area contributed by atoms with Crippen LogP contribution in [0.2, 0.25) is 0 Å². The van der Waals surface area contributed by atoms with Crippen molar-refractivity contribution in [2.24, 2.45) is 4.99 Å². The van der Waals surface area contributed by atoms with E-state index in [-0.39, 0.29) is 24.0 Å². The van der Waals surface area contributed by atoms with Gasteiger partial charge in [-0.25, -0.2) is 4.98 Å². The lowest BCUT2D eigenvalue weighted by atomic mass is 10.2. The van der Waals surface area contributed by atoms with E-state index in [1.165, 1.54) is 6.42 Å². The summed E-state index contributed by atoms with van der Waals surface area (Å²) in [6, 6.07) is 0.669. The topological polar surface area (TPSA) is 48.7 Å². The molecule has 1 N–H and O–H groups in total. The number of likely N-dealkylation sites (tertiary alicyclic amines) is 1. The first kappa shape index (κ1) is 22.2. The van der Waals surface area contributed by atoms with E-state index in [2.05, 4.69) is 56.6 Å². The van der Waals surface area contributed by atoms with E-state index in [0.29, 0.717) is 6.04 Å². The van der Waals surface area contributed by atoms with Crippen molar-refractivity contribution in [1.29, 1.82) is 0 Å². The minimum absolute atomic E-state index is 0. The number of guanidine groups is 1. The van der Waals surface area contributed by atoms with E-state index in [0.717, 1.165) is 63.9 Å². The van der Waals surface area contributed by atoms with Crippen molar-refractivity contribution < 1.29 is 0 Å². The molecule has 7 heteroatoms. The summed E-state index contributed by atoms with van der Waals surface area (Å²) in [5.41, 5.74) is 0. The Labute approximate surface area is 170 Å². The minimum Gasteiger partial charge on any atom is -0.356 e. The lowest BCUT2D eigenvalue weighted by molar-refractivity contribution is 0.223. The maximum Gasteiger partial charge on any atom is 0.193 e. The Morgan fingerprint density at radius 3 is 2.72 bits per heavy atom. The number of unbranched alkanes of at least 4 members (excludes halogenated alkanes) is 1. The average molecular weight is 462 g/mol. The summed E-state index contributed by atoms with van der Waals surface area (Å²) in [4.78, 5) is 13.7. The Morgan fingerprint density at radius 2 is 2.12 bits per heavy atom. The molecule has 1 aliphatic heterocycles. The van der Waals surface area contributed by atoms with Crippen molar-refractivity contribution in [1.82, 2.24) is 24.7 Å². The van der Waals surface area contributed by atoms with Crippen LogP contribution >= 0.6 is 24.0 Å². The van der Waals surface area contributed by atoms with E-state index in [9.17, 15) is 0 Å². The highest BCUT2D eigenvalue weighted by Crippen LogP contribution is 2.15. The van der Waals surface area contributed by atoms with Gasteiger partial charge in [-0.3, -0.25) is 9.89 Å². The molecule has 2 rings (SSSR count). The number of aryl methyl sites for hydroxylation is 2. The zero-order valence-corrected chi connectivity index (χ0v) is 18.6. The lowest BCUT2D eigenvalue weighted by Crippen LogP contribution is -2.43. The molecule has 1 fully saturated rings. The van der Waals surface area contributed by atoms with Crippen LogP contribution in [0.5, 0.6) is 0 Å². The molecule has 0 spiro atoms. The van der Waals surface area contributed by atoms with Crippen LogP contribution in [0.3, 0.4) is 0 Å². The molecule has 2 heterocycles. The second kappa shape index (κ2) is 11.7. The van der Waals surface area contributed by atoms with Gasteiger partial charge < -0.3 is 14.8 Å². The van der Waals surface area contributed by atoms with Gasteiger partial charge in [0.05, 0.1) is 0 Å². The van der Waals surface area contributed by atoms with Crippen molar-refractivity contribution in [3.8, 4) is 0 Å². The molecule has 1 aliphatic rings. The van der Waals surface area contributed by atoms with Crippen molar-refractivity contribution >= 4 is 29.9 Å². The van der Waals surface area contributed by atoms with Crippen molar-refractivity contribution in [3.05, 3.63) is 18.2 Å². The fraction of sp³-hybridized carbons (Fsp3) is 0.778. The molecule has 1 aromatic heterocycles. The van der Waals surface area contributed by atoms with Crippen LogP contribution in [-0.4, -0.2) is 71.1 Å². The summed E-state index contributed by atoms with van der Waals surface area (Å²) in [6.07, 6.45) is 7.46. The lowest BCUT2D eigenvalue weighted by Gasteiger charge is -2.27. The van der Waals surface area contributed by atoms with Gasteiger partial charge in [-0.05, 0) is 39.3 Å². The van der Waals surface area contributed by atoms with Gasteiger partial charge in [0.15, 0.2) is 5.96 Å². The number of nitrogens with zero attached hydrogens (tertiary/aromatic N) is 5. The summed E-state index contributed by atoms with van der Waals surface area (Å²) < 4.78 is 2.21. The van der Waals surface area contributed by atoms with Gasteiger partial charge in [0.2, 0.25) is 0 Å². The summed E-state index contributed by atoms with van der Waals surface area (Å²) in [6.45, 7) is 13.0. The highest BCUT2D eigenvalue weighted by Gasteiger charge is 2.27. The van der Waals surface area contributed by atoms with E-state index < -0.39 is 0 Å². The first-order chi connectivity index (χ1) is 11.7. The summed E-state index contributed by atoms with van der Waals surface area (Å²) in [5, 5.41) is 3.53. The van der Waals surface area contributed by atoms with Crippen molar-refractivity contribution in [2.45, 2.75) is 52.6 Å². The Hall–Kier alpha value is -0.830. The number of aromatic nitrogens is 2. The monoisotopic (exact) mass is 462 g/mol. The number of imidazole rings is 1. The quantitative estimate of drug-likeness (QED) is 0.279. The molecule has 0 amide bonds.